The van der Waals surface area contributed by atoms with Crippen molar-refractivity contribution in [2.75, 3.05) is 0 Å². The Kier molecular flexibility index (Phi) is 3.23. The SMILES string of the molecule is CC(C)(C)OC(=O)NC1(c2cccc(C#N)c2)CC1. The summed E-state index contributed by atoms with van der Waals surface area (Å²) in [5.41, 5.74) is 0.719. The van der Waals surface area contributed by atoms with Gasteiger partial charge in [-0.25, -0.2) is 4.79 Å². The number of rotatable bonds is 2. The fourth-order valence-electron chi connectivity index (χ4n) is 2.00. The van der Waals surface area contributed by atoms with Crippen molar-refractivity contribution in [3.8, 4) is 6.07 Å². The van der Waals surface area contributed by atoms with Crippen LogP contribution in [0.1, 0.15) is 44.7 Å². The number of ether oxygens (including phenoxy) is 1. The standard InChI is InChI=1S/C15H18N2O2/c1-14(2,3)19-13(18)17-15(7-8-15)12-6-4-5-11(9-12)10-16/h4-6,9H,7-8H2,1-3H3,(H,17,18). The molecular weight excluding hydrogens is 240 g/mol. The molecule has 0 heterocycles. The molecule has 0 bridgehead atoms. The average molecular weight is 258 g/mol. The van der Waals surface area contributed by atoms with Crippen LogP contribution in [-0.2, 0) is 10.3 Å². The zero-order valence-corrected chi connectivity index (χ0v) is 11.5. The number of hydrogen-bond acceptors (Lipinski definition) is 3. The van der Waals surface area contributed by atoms with Crippen molar-refractivity contribution in [3.05, 3.63) is 35.4 Å². The van der Waals surface area contributed by atoms with E-state index in [-0.39, 0.29) is 5.54 Å². The molecule has 1 N–H and O–H groups in total. The molecule has 0 radical (unpaired) electrons. The molecule has 0 atom stereocenters. The summed E-state index contributed by atoms with van der Waals surface area (Å²) < 4.78 is 5.28. The second-order valence-electron chi connectivity index (χ2n) is 5.90. The Bertz CT molecular complexity index is 534. The predicted molar refractivity (Wildman–Crippen MR) is 71.4 cm³/mol. The number of hydrogen-bond donors (Lipinski definition) is 1. The minimum Gasteiger partial charge on any atom is -0.444 e. The van der Waals surface area contributed by atoms with Crippen LogP contribution in [0.15, 0.2) is 24.3 Å². The Balaban J connectivity index is 2.11. The fourth-order valence-corrected chi connectivity index (χ4v) is 2.00. The van der Waals surface area contributed by atoms with Gasteiger partial charge in [0, 0.05) is 0 Å². The molecule has 4 nitrogen and oxygen atoms in total. The van der Waals surface area contributed by atoms with E-state index in [2.05, 4.69) is 11.4 Å². The van der Waals surface area contributed by atoms with Crippen LogP contribution in [0.5, 0.6) is 0 Å². The lowest BCUT2D eigenvalue weighted by Crippen LogP contribution is -2.39. The van der Waals surface area contributed by atoms with Crippen LogP contribution < -0.4 is 5.32 Å². The Morgan fingerprint density at radius 2 is 2.11 bits per heavy atom. The van der Waals surface area contributed by atoms with Gasteiger partial charge in [-0.3, -0.25) is 0 Å². The van der Waals surface area contributed by atoms with Gasteiger partial charge in [0.1, 0.15) is 5.60 Å². The van der Waals surface area contributed by atoms with Gasteiger partial charge in [-0.15, -0.1) is 0 Å². The average Bonchev–Trinajstić information content (AvgIpc) is 3.07. The third-order valence-corrected chi connectivity index (χ3v) is 3.03. The first kappa shape index (κ1) is 13.4. The molecule has 1 amide bonds. The Hall–Kier alpha value is -2.02. The first-order chi connectivity index (χ1) is 8.85. The van der Waals surface area contributed by atoms with Crippen LogP contribution in [-0.4, -0.2) is 11.7 Å². The zero-order chi connectivity index (χ0) is 14.1. The fraction of sp³-hybridized carbons (Fsp3) is 0.467. The Morgan fingerprint density at radius 3 is 2.63 bits per heavy atom. The third-order valence-electron chi connectivity index (χ3n) is 3.03. The molecule has 1 fully saturated rings. The normalized spacial score (nSPS) is 16.3. The molecule has 4 heteroatoms. The number of carbonyl (C=O) groups excluding carboxylic acids is 1. The van der Waals surface area contributed by atoms with Crippen molar-refractivity contribution in [2.45, 2.75) is 44.8 Å². The van der Waals surface area contributed by atoms with Crippen molar-refractivity contribution in [3.63, 3.8) is 0 Å². The summed E-state index contributed by atoms with van der Waals surface area (Å²) in [5.74, 6) is 0. The minimum absolute atomic E-state index is 0.352. The molecule has 1 aliphatic carbocycles. The Labute approximate surface area is 113 Å². The summed E-state index contributed by atoms with van der Waals surface area (Å²) in [6.07, 6.45) is 1.34. The van der Waals surface area contributed by atoms with Crippen LogP contribution in [0, 0.1) is 11.3 Å². The molecule has 2 rings (SSSR count). The minimum atomic E-state index is -0.505. The van der Waals surface area contributed by atoms with E-state index in [1.165, 1.54) is 0 Å². The van der Waals surface area contributed by atoms with Crippen molar-refractivity contribution >= 4 is 6.09 Å². The van der Waals surface area contributed by atoms with Crippen LogP contribution in [0.3, 0.4) is 0 Å². The summed E-state index contributed by atoms with van der Waals surface area (Å²) in [7, 11) is 0. The van der Waals surface area contributed by atoms with Gasteiger partial charge in [0.25, 0.3) is 0 Å². The maximum atomic E-state index is 11.8. The van der Waals surface area contributed by atoms with Crippen LogP contribution in [0.25, 0.3) is 0 Å². The highest BCUT2D eigenvalue weighted by Crippen LogP contribution is 2.45. The van der Waals surface area contributed by atoms with E-state index in [1.54, 1.807) is 6.07 Å². The highest BCUT2D eigenvalue weighted by Gasteiger charge is 2.46. The van der Waals surface area contributed by atoms with Crippen molar-refractivity contribution in [1.82, 2.24) is 5.32 Å². The smallest absolute Gasteiger partial charge is 0.408 e. The van der Waals surface area contributed by atoms with E-state index in [0.717, 1.165) is 18.4 Å². The van der Waals surface area contributed by atoms with Gasteiger partial charge in [-0.1, -0.05) is 12.1 Å². The first-order valence-electron chi connectivity index (χ1n) is 6.36. The topological polar surface area (TPSA) is 62.1 Å². The van der Waals surface area contributed by atoms with Crippen LogP contribution in [0.2, 0.25) is 0 Å². The summed E-state index contributed by atoms with van der Waals surface area (Å²) in [6, 6.07) is 9.47. The van der Waals surface area contributed by atoms with E-state index >= 15 is 0 Å². The number of carbonyl (C=O) groups is 1. The van der Waals surface area contributed by atoms with E-state index in [4.69, 9.17) is 10.00 Å². The largest absolute Gasteiger partial charge is 0.444 e. The highest BCUT2D eigenvalue weighted by atomic mass is 16.6. The first-order valence-corrected chi connectivity index (χ1v) is 6.36. The molecule has 1 aromatic rings. The Morgan fingerprint density at radius 1 is 1.42 bits per heavy atom. The molecule has 1 aromatic carbocycles. The summed E-state index contributed by atoms with van der Waals surface area (Å²) in [4.78, 5) is 11.8. The second-order valence-corrected chi connectivity index (χ2v) is 5.90. The van der Waals surface area contributed by atoms with Gasteiger partial charge in [0.05, 0.1) is 17.2 Å². The van der Waals surface area contributed by atoms with Gasteiger partial charge in [-0.05, 0) is 51.3 Å². The number of benzene rings is 1. The number of alkyl carbamates (subject to hydrolysis) is 1. The maximum absolute atomic E-state index is 11.8. The van der Waals surface area contributed by atoms with E-state index < -0.39 is 11.7 Å². The van der Waals surface area contributed by atoms with Crippen LogP contribution in [0.4, 0.5) is 4.79 Å². The van der Waals surface area contributed by atoms with Gasteiger partial charge < -0.3 is 10.1 Å². The van der Waals surface area contributed by atoms with Gasteiger partial charge in [0.2, 0.25) is 0 Å². The van der Waals surface area contributed by atoms with Crippen molar-refractivity contribution in [1.29, 1.82) is 5.26 Å². The summed E-state index contributed by atoms with van der Waals surface area (Å²) in [6.45, 7) is 5.51. The monoisotopic (exact) mass is 258 g/mol. The molecule has 1 saturated carbocycles. The van der Waals surface area contributed by atoms with E-state index in [0.29, 0.717) is 5.56 Å². The number of nitrogens with one attached hydrogen (secondary N) is 1. The van der Waals surface area contributed by atoms with E-state index in [9.17, 15) is 4.79 Å². The number of amides is 1. The molecule has 0 aliphatic heterocycles. The van der Waals surface area contributed by atoms with Gasteiger partial charge in [-0.2, -0.15) is 5.26 Å². The quantitative estimate of drug-likeness (QED) is 0.886. The summed E-state index contributed by atoms with van der Waals surface area (Å²) in [5, 5.41) is 11.8. The zero-order valence-electron chi connectivity index (χ0n) is 11.5. The third kappa shape index (κ3) is 3.25. The van der Waals surface area contributed by atoms with E-state index in [1.807, 2.05) is 39.0 Å². The molecule has 100 valence electrons. The van der Waals surface area contributed by atoms with Crippen molar-refractivity contribution < 1.29 is 9.53 Å². The highest BCUT2D eigenvalue weighted by molar-refractivity contribution is 5.70. The summed E-state index contributed by atoms with van der Waals surface area (Å²) >= 11 is 0. The number of nitrogens with zero attached hydrogens (tertiary/aromatic N) is 1. The molecule has 0 aromatic heterocycles. The lowest BCUT2D eigenvalue weighted by atomic mass is 10.0. The lowest BCUT2D eigenvalue weighted by molar-refractivity contribution is 0.0495. The van der Waals surface area contributed by atoms with Gasteiger partial charge in [0.15, 0.2) is 0 Å². The van der Waals surface area contributed by atoms with Gasteiger partial charge >= 0.3 is 6.09 Å². The maximum Gasteiger partial charge on any atom is 0.408 e. The van der Waals surface area contributed by atoms with Crippen LogP contribution >= 0.6 is 0 Å². The molecule has 0 saturated heterocycles. The predicted octanol–water partition coefficient (Wildman–Crippen LogP) is 3.07. The molecular formula is C15H18N2O2. The second kappa shape index (κ2) is 4.58. The molecule has 1 aliphatic rings. The molecule has 0 unspecified atom stereocenters. The number of nitriles is 1. The lowest BCUT2D eigenvalue weighted by Gasteiger charge is -2.23. The molecule has 0 spiro atoms. The van der Waals surface area contributed by atoms with Crippen molar-refractivity contribution in [2.24, 2.45) is 0 Å². The molecule has 19 heavy (non-hydrogen) atoms.